The molecule has 1 nitrogen and oxygen atoms in total. The van der Waals surface area contributed by atoms with E-state index in [0.29, 0.717) is 10.8 Å². The Hall–Kier alpha value is -0.560. The van der Waals surface area contributed by atoms with Gasteiger partial charge in [-0.25, -0.2) is 0 Å². The van der Waals surface area contributed by atoms with E-state index in [1.807, 2.05) is 0 Å². The highest BCUT2D eigenvalue weighted by molar-refractivity contribution is 5.25. The van der Waals surface area contributed by atoms with Crippen molar-refractivity contribution in [3.8, 4) is 0 Å². The van der Waals surface area contributed by atoms with Crippen LogP contribution in [0.4, 0.5) is 0 Å². The Morgan fingerprint density at radius 1 is 1.10 bits per heavy atom. The third-order valence-corrected chi connectivity index (χ3v) is 11.1. The van der Waals surface area contributed by atoms with Crippen LogP contribution in [0.25, 0.3) is 0 Å². The highest BCUT2D eigenvalue weighted by atomic mass is 16.3. The zero-order chi connectivity index (χ0) is 21.7. The van der Waals surface area contributed by atoms with Gasteiger partial charge in [-0.05, 0) is 124 Å². The van der Waals surface area contributed by atoms with Crippen molar-refractivity contribution >= 4 is 0 Å². The van der Waals surface area contributed by atoms with Crippen molar-refractivity contribution in [3.63, 3.8) is 0 Å². The molecule has 0 aromatic rings. The second-order valence-corrected chi connectivity index (χ2v) is 12.4. The molecule has 0 heterocycles. The Kier molecular flexibility index (Phi) is 6.35. The van der Waals surface area contributed by atoms with Crippen molar-refractivity contribution in [2.75, 3.05) is 0 Å². The Labute approximate surface area is 186 Å². The summed E-state index contributed by atoms with van der Waals surface area (Å²) in [5.41, 5.74) is 4.12. The first-order chi connectivity index (χ1) is 14.2. The summed E-state index contributed by atoms with van der Waals surface area (Å²) < 4.78 is 0. The topological polar surface area (TPSA) is 20.2 Å². The van der Waals surface area contributed by atoms with Crippen LogP contribution in [0.15, 0.2) is 23.3 Å². The van der Waals surface area contributed by atoms with E-state index >= 15 is 0 Å². The van der Waals surface area contributed by atoms with Gasteiger partial charge in [0.05, 0.1) is 6.10 Å². The molecule has 0 amide bonds. The molecule has 0 aliphatic heterocycles. The van der Waals surface area contributed by atoms with Gasteiger partial charge in [0.2, 0.25) is 0 Å². The normalized spacial score (nSPS) is 45.8. The summed E-state index contributed by atoms with van der Waals surface area (Å²) in [6.45, 7) is 14.7. The summed E-state index contributed by atoms with van der Waals surface area (Å²) in [5.74, 6) is 5.22. The van der Waals surface area contributed by atoms with Gasteiger partial charge in [-0.2, -0.15) is 0 Å². The minimum Gasteiger partial charge on any atom is -0.393 e. The molecule has 1 N–H and O–H groups in total. The molecule has 0 bridgehead atoms. The molecule has 4 rings (SSSR count). The highest BCUT2D eigenvalue weighted by Crippen LogP contribution is 2.67. The van der Waals surface area contributed by atoms with Crippen LogP contribution < -0.4 is 0 Å². The molecule has 3 fully saturated rings. The maximum absolute atomic E-state index is 10.2. The van der Waals surface area contributed by atoms with Crippen molar-refractivity contribution in [2.24, 2.45) is 46.3 Å². The predicted octanol–water partition coefficient (Wildman–Crippen LogP) is 7.94. The molecule has 0 aromatic carbocycles. The second-order valence-electron chi connectivity index (χ2n) is 12.4. The maximum atomic E-state index is 10.2. The average Bonchev–Trinajstić information content (AvgIpc) is 3.09. The molecule has 0 spiro atoms. The highest BCUT2D eigenvalue weighted by Gasteiger charge is 2.59. The standard InChI is InChI=1S/C29H48O/c1-7-19(2)20(3)8-9-21(4)25-12-13-26-24-11-10-22-18-23(30)14-16-28(22,5)27(24)15-17-29(25,26)6/h7,10,20-21,23-27,30H,8-9,11-18H2,1-6H3/b19-7+/t20-,21+,23?,24?,25+,26?,27?,28?,29?/m0/s1. The molecule has 170 valence electrons. The summed E-state index contributed by atoms with van der Waals surface area (Å²) >= 11 is 0. The second kappa shape index (κ2) is 8.42. The van der Waals surface area contributed by atoms with Crippen LogP contribution in [-0.2, 0) is 0 Å². The van der Waals surface area contributed by atoms with E-state index < -0.39 is 0 Å². The zero-order valence-electron chi connectivity index (χ0n) is 20.7. The third-order valence-electron chi connectivity index (χ3n) is 11.1. The van der Waals surface area contributed by atoms with Crippen LogP contribution in [0.5, 0.6) is 0 Å². The number of hydrogen-bond donors (Lipinski definition) is 1. The van der Waals surface area contributed by atoms with Gasteiger partial charge < -0.3 is 5.11 Å². The fourth-order valence-corrected chi connectivity index (χ4v) is 8.84. The minimum absolute atomic E-state index is 0.0833. The van der Waals surface area contributed by atoms with Gasteiger partial charge in [-0.3, -0.25) is 0 Å². The van der Waals surface area contributed by atoms with Crippen LogP contribution in [0, 0.1) is 46.3 Å². The number of hydrogen-bond acceptors (Lipinski definition) is 1. The summed E-state index contributed by atoms with van der Waals surface area (Å²) in [5, 5.41) is 10.2. The van der Waals surface area contributed by atoms with E-state index in [-0.39, 0.29) is 6.10 Å². The van der Waals surface area contributed by atoms with Gasteiger partial charge in [-0.1, -0.05) is 51.0 Å². The monoisotopic (exact) mass is 412 g/mol. The van der Waals surface area contributed by atoms with Gasteiger partial charge in [0, 0.05) is 0 Å². The molecule has 30 heavy (non-hydrogen) atoms. The Morgan fingerprint density at radius 3 is 2.60 bits per heavy atom. The van der Waals surface area contributed by atoms with Crippen molar-refractivity contribution in [2.45, 2.75) is 112 Å². The van der Waals surface area contributed by atoms with Gasteiger partial charge in [0.15, 0.2) is 0 Å². The first-order valence-electron chi connectivity index (χ1n) is 13.2. The van der Waals surface area contributed by atoms with E-state index in [1.165, 1.54) is 51.4 Å². The number of rotatable bonds is 5. The third kappa shape index (κ3) is 3.66. The zero-order valence-corrected chi connectivity index (χ0v) is 20.7. The van der Waals surface area contributed by atoms with E-state index in [0.717, 1.165) is 48.3 Å². The lowest BCUT2D eigenvalue weighted by atomic mass is 9.47. The van der Waals surface area contributed by atoms with Crippen molar-refractivity contribution < 1.29 is 5.11 Å². The number of aliphatic hydroxyl groups is 1. The van der Waals surface area contributed by atoms with Crippen molar-refractivity contribution in [3.05, 3.63) is 23.3 Å². The molecule has 3 saturated carbocycles. The van der Waals surface area contributed by atoms with Crippen LogP contribution in [-0.4, -0.2) is 11.2 Å². The molecular weight excluding hydrogens is 364 g/mol. The Balaban J connectivity index is 1.47. The van der Waals surface area contributed by atoms with E-state index in [4.69, 9.17) is 0 Å². The van der Waals surface area contributed by atoms with E-state index in [1.54, 1.807) is 11.1 Å². The Bertz CT molecular complexity index is 688. The quantitative estimate of drug-likeness (QED) is 0.454. The molecular formula is C29H48O. The lowest BCUT2D eigenvalue weighted by molar-refractivity contribution is -0.0573. The van der Waals surface area contributed by atoms with Crippen LogP contribution >= 0.6 is 0 Å². The SMILES string of the molecule is C/C=C(\C)[C@@H](C)CC[C@@H](C)[C@H]1CCC2C3CC=C4CC(O)CCC4(C)C3CCC21C. The molecule has 6 unspecified atom stereocenters. The molecule has 1 heteroatoms. The molecule has 0 radical (unpaired) electrons. The lowest BCUT2D eigenvalue weighted by Gasteiger charge is -2.58. The van der Waals surface area contributed by atoms with Crippen LogP contribution in [0.1, 0.15) is 106 Å². The fraction of sp³-hybridized carbons (Fsp3) is 0.862. The van der Waals surface area contributed by atoms with E-state index in [2.05, 4.69) is 53.7 Å². The van der Waals surface area contributed by atoms with Crippen LogP contribution in [0.3, 0.4) is 0 Å². The average molecular weight is 413 g/mol. The number of allylic oxidation sites excluding steroid dienone is 3. The van der Waals surface area contributed by atoms with Crippen molar-refractivity contribution in [1.29, 1.82) is 0 Å². The lowest BCUT2D eigenvalue weighted by Crippen LogP contribution is -2.50. The number of fused-ring (bicyclic) bond motifs is 5. The number of aliphatic hydroxyl groups excluding tert-OH is 1. The van der Waals surface area contributed by atoms with E-state index in [9.17, 15) is 5.11 Å². The van der Waals surface area contributed by atoms with Crippen molar-refractivity contribution in [1.82, 2.24) is 0 Å². The van der Waals surface area contributed by atoms with Gasteiger partial charge in [0.25, 0.3) is 0 Å². The smallest absolute Gasteiger partial charge is 0.0577 e. The predicted molar refractivity (Wildman–Crippen MR) is 128 cm³/mol. The van der Waals surface area contributed by atoms with Gasteiger partial charge >= 0.3 is 0 Å². The summed E-state index contributed by atoms with van der Waals surface area (Å²) in [6.07, 6.45) is 17.8. The molecule has 4 aliphatic carbocycles. The summed E-state index contributed by atoms with van der Waals surface area (Å²) in [4.78, 5) is 0. The Morgan fingerprint density at radius 2 is 1.87 bits per heavy atom. The fourth-order valence-electron chi connectivity index (χ4n) is 8.84. The largest absolute Gasteiger partial charge is 0.393 e. The molecule has 0 aromatic heterocycles. The van der Waals surface area contributed by atoms with Crippen LogP contribution in [0.2, 0.25) is 0 Å². The summed E-state index contributed by atoms with van der Waals surface area (Å²) in [6, 6.07) is 0. The summed E-state index contributed by atoms with van der Waals surface area (Å²) in [7, 11) is 0. The maximum Gasteiger partial charge on any atom is 0.0577 e. The molecule has 0 saturated heterocycles. The first-order valence-corrected chi connectivity index (χ1v) is 13.2. The van der Waals surface area contributed by atoms with Gasteiger partial charge in [-0.15, -0.1) is 0 Å². The minimum atomic E-state index is -0.0833. The van der Waals surface area contributed by atoms with Gasteiger partial charge in [0.1, 0.15) is 0 Å². The molecule has 9 atom stereocenters. The first kappa shape index (κ1) is 22.6. The molecule has 4 aliphatic rings.